The number of carbonyl (C=O) groups is 1. The number of nitrogens with zero attached hydrogens (tertiary/aromatic N) is 1. The molecule has 0 spiro atoms. The van der Waals surface area contributed by atoms with E-state index >= 15 is 0 Å². The number of amides is 1. The van der Waals surface area contributed by atoms with Gasteiger partial charge < -0.3 is 9.47 Å². The van der Waals surface area contributed by atoms with Gasteiger partial charge >= 0.3 is 0 Å². The summed E-state index contributed by atoms with van der Waals surface area (Å²) >= 11 is 6.57. The molecule has 162 valence electrons. The van der Waals surface area contributed by atoms with Crippen molar-refractivity contribution in [3.63, 3.8) is 0 Å². The van der Waals surface area contributed by atoms with Crippen molar-refractivity contribution in [3.05, 3.63) is 77.2 Å². The molecule has 0 bridgehead atoms. The number of hydrogen-bond acceptors (Lipinski definition) is 5. The van der Waals surface area contributed by atoms with Gasteiger partial charge in [-0.3, -0.25) is 9.69 Å². The molecule has 0 N–H and O–H groups in total. The smallest absolute Gasteiger partial charge is 0.266 e. The summed E-state index contributed by atoms with van der Waals surface area (Å²) in [5.41, 5.74) is 2.32. The molecule has 0 aliphatic carbocycles. The van der Waals surface area contributed by atoms with E-state index in [2.05, 4.69) is 39.5 Å². The lowest BCUT2D eigenvalue weighted by Crippen LogP contribution is -2.27. The van der Waals surface area contributed by atoms with Crippen molar-refractivity contribution in [1.29, 1.82) is 0 Å². The molecular formula is C25H27NO3S2. The summed E-state index contributed by atoms with van der Waals surface area (Å²) in [6.45, 7) is 11.6. The van der Waals surface area contributed by atoms with Crippen LogP contribution in [0.5, 0.6) is 11.5 Å². The van der Waals surface area contributed by atoms with E-state index in [4.69, 9.17) is 21.7 Å². The summed E-state index contributed by atoms with van der Waals surface area (Å²) in [6.07, 6.45) is 3.51. The van der Waals surface area contributed by atoms with Gasteiger partial charge in [-0.05, 0) is 46.9 Å². The highest BCUT2D eigenvalue weighted by Crippen LogP contribution is 2.32. The van der Waals surface area contributed by atoms with Gasteiger partial charge in [0.2, 0.25) is 0 Å². The van der Waals surface area contributed by atoms with Crippen LogP contribution in [-0.4, -0.2) is 34.9 Å². The Morgan fingerprint density at radius 1 is 1.00 bits per heavy atom. The van der Waals surface area contributed by atoms with Crippen LogP contribution >= 0.6 is 24.0 Å². The molecular weight excluding hydrogens is 426 g/mol. The fourth-order valence-electron chi connectivity index (χ4n) is 2.97. The summed E-state index contributed by atoms with van der Waals surface area (Å²) < 4.78 is 12.1. The molecule has 0 saturated carbocycles. The van der Waals surface area contributed by atoms with Crippen LogP contribution < -0.4 is 9.47 Å². The van der Waals surface area contributed by atoms with Crippen LogP contribution in [-0.2, 0) is 10.2 Å². The molecule has 1 aliphatic heterocycles. The molecule has 1 amide bonds. The predicted molar refractivity (Wildman–Crippen MR) is 133 cm³/mol. The maximum atomic E-state index is 12.4. The molecule has 0 aromatic heterocycles. The van der Waals surface area contributed by atoms with Gasteiger partial charge in [-0.2, -0.15) is 0 Å². The fraction of sp³-hybridized carbons (Fsp3) is 0.280. The van der Waals surface area contributed by atoms with Gasteiger partial charge in [-0.1, -0.05) is 75.1 Å². The van der Waals surface area contributed by atoms with Crippen LogP contribution in [0, 0.1) is 0 Å². The number of thiocarbonyl (C=S) groups is 1. The van der Waals surface area contributed by atoms with Crippen LogP contribution in [0.4, 0.5) is 0 Å². The van der Waals surface area contributed by atoms with Crippen molar-refractivity contribution >= 4 is 40.3 Å². The zero-order chi connectivity index (χ0) is 22.4. The third-order valence-corrected chi connectivity index (χ3v) is 6.08. The van der Waals surface area contributed by atoms with Crippen molar-refractivity contribution in [3.8, 4) is 11.5 Å². The number of rotatable bonds is 8. The van der Waals surface area contributed by atoms with Gasteiger partial charge in [0.15, 0.2) is 0 Å². The van der Waals surface area contributed by atoms with Gasteiger partial charge in [0.25, 0.3) is 5.91 Å². The van der Waals surface area contributed by atoms with E-state index in [1.54, 1.807) is 11.0 Å². The first kappa shape index (κ1) is 23.1. The molecule has 0 radical (unpaired) electrons. The van der Waals surface area contributed by atoms with Crippen molar-refractivity contribution in [2.45, 2.75) is 26.2 Å². The minimum atomic E-state index is -0.0806. The van der Waals surface area contributed by atoms with E-state index in [0.29, 0.717) is 29.0 Å². The van der Waals surface area contributed by atoms with Crippen LogP contribution in [0.1, 0.15) is 31.9 Å². The van der Waals surface area contributed by atoms with Crippen LogP contribution in [0.2, 0.25) is 0 Å². The van der Waals surface area contributed by atoms with Gasteiger partial charge in [0.1, 0.15) is 29.0 Å². The summed E-state index contributed by atoms with van der Waals surface area (Å²) in [5, 5.41) is 0. The van der Waals surface area contributed by atoms with Gasteiger partial charge in [-0.15, -0.1) is 6.58 Å². The van der Waals surface area contributed by atoms with E-state index in [-0.39, 0.29) is 11.3 Å². The first-order chi connectivity index (χ1) is 14.8. The molecule has 3 rings (SSSR count). The Morgan fingerprint density at radius 2 is 1.55 bits per heavy atom. The summed E-state index contributed by atoms with van der Waals surface area (Å²) in [5.74, 6) is 1.51. The molecule has 0 atom stereocenters. The summed E-state index contributed by atoms with van der Waals surface area (Å²) in [4.78, 5) is 14.6. The summed E-state index contributed by atoms with van der Waals surface area (Å²) in [6, 6.07) is 15.8. The first-order valence-electron chi connectivity index (χ1n) is 10.1. The molecule has 6 heteroatoms. The van der Waals surface area contributed by atoms with Gasteiger partial charge in [-0.25, -0.2) is 0 Å². The minimum absolute atomic E-state index is 0.0806. The SMILES string of the molecule is C=CCN1C(=O)/C(=C/c2ccc(OCCOc3ccc(C(C)(C)C)cc3)cc2)SC1=S. The number of ether oxygens (including phenoxy) is 2. The molecule has 31 heavy (non-hydrogen) atoms. The van der Waals surface area contributed by atoms with E-state index in [1.807, 2.05) is 42.5 Å². The Bertz CT molecular complexity index is 973. The molecule has 1 fully saturated rings. The van der Waals surface area contributed by atoms with Crippen LogP contribution in [0.25, 0.3) is 6.08 Å². The quantitative estimate of drug-likeness (QED) is 0.218. The number of carbonyl (C=O) groups excluding carboxylic acids is 1. The Kier molecular flexibility index (Phi) is 7.57. The average Bonchev–Trinajstić information content (AvgIpc) is 3.00. The summed E-state index contributed by atoms with van der Waals surface area (Å²) in [7, 11) is 0. The van der Waals surface area contributed by atoms with Crippen molar-refractivity contribution in [1.82, 2.24) is 4.90 Å². The fourth-order valence-corrected chi connectivity index (χ4v) is 4.24. The molecule has 1 saturated heterocycles. The van der Waals surface area contributed by atoms with Crippen molar-refractivity contribution < 1.29 is 14.3 Å². The molecule has 1 aliphatic rings. The lowest BCUT2D eigenvalue weighted by molar-refractivity contribution is -0.121. The average molecular weight is 454 g/mol. The molecule has 2 aromatic carbocycles. The number of thioether (sulfide) groups is 1. The monoisotopic (exact) mass is 453 g/mol. The Balaban J connectivity index is 1.48. The number of benzene rings is 2. The maximum absolute atomic E-state index is 12.4. The third-order valence-electron chi connectivity index (χ3n) is 4.70. The van der Waals surface area contributed by atoms with Crippen molar-refractivity contribution in [2.24, 2.45) is 0 Å². The largest absolute Gasteiger partial charge is 0.490 e. The standard InChI is InChI=1S/C25H27NO3S2/c1-5-14-26-23(27)22(31-24(26)30)17-18-6-10-20(11-7-18)28-15-16-29-21-12-8-19(9-13-21)25(2,3)4/h5-13,17H,1,14-16H2,2-4H3/b22-17-. The molecule has 2 aromatic rings. The van der Waals surface area contributed by atoms with E-state index < -0.39 is 0 Å². The highest BCUT2D eigenvalue weighted by atomic mass is 32.2. The Labute approximate surface area is 193 Å². The van der Waals surface area contributed by atoms with E-state index in [9.17, 15) is 4.79 Å². The third kappa shape index (κ3) is 6.21. The first-order valence-corrected chi connectivity index (χ1v) is 11.3. The highest BCUT2D eigenvalue weighted by molar-refractivity contribution is 8.26. The zero-order valence-corrected chi connectivity index (χ0v) is 19.7. The Morgan fingerprint density at radius 3 is 2.06 bits per heavy atom. The van der Waals surface area contributed by atoms with Crippen LogP contribution in [0.3, 0.4) is 0 Å². The maximum Gasteiger partial charge on any atom is 0.266 e. The minimum Gasteiger partial charge on any atom is -0.490 e. The lowest BCUT2D eigenvalue weighted by atomic mass is 9.87. The zero-order valence-electron chi connectivity index (χ0n) is 18.1. The number of hydrogen-bond donors (Lipinski definition) is 0. The predicted octanol–water partition coefficient (Wildman–Crippen LogP) is 5.83. The van der Waals surface area contributed by atoms with Gasteiger partial charge in [0.05, 0.1) is 4.91 Å². The topological polar surface area (TPSA) is 38.8 Å². The van der Waals surface area contributed by atoms with E-state index in [0.717, 1.165) is 17.1 Å². The molecule has 4 nitrogen and oxygen atoms in total. The Hall–Kier alpha value is -2.57. The lowest BCUT2D eigenvalue weighted by Gasteiger charge is -2.19. The second kappa shape index (κ2) is 10.2. The van der Waals surface area contributed by atoms with Crippen LogP contribution in [0.15, 0.2) is 66.1 Å². The van der Waals surface area contributed by atoms with Gasteiger partial charge in [0, 0.05) is 6.54 Å². The molecule has 1 heterocycles. The molecule has 0 unspecified atom stereocenters. The second-order valence-corrected chi connectivity index (χ2v) is 9.80. The highest BCUT2D eigenvalue weighted by Gasteiger charge is 2.30. The van der Waals surface area contributed by atoms with Crippen molar-refractivity contribution in [2.75, 3.05) is 19.8 Å². The van der Waals surface area contributed by atoms with E-state index in [1.165, 1.54) is 17.3 Å². The normalized spacial score (nSPS) is 15.5. The second-order valence-electron chi connectivity index (χ2n) is 8.12.